The Kier molecular flexibility index (Phi) is 5.20. The fourth-order valence-corrected chi connectivity index (χ4v) is 5.86. The van der Waals surface area contributed by atoms with Gasteiger partial charge in [0, 0.05) is 36.1 Å². The highest BCUT2D eigenvalue weighted by Gasteiger charge is 2.47. The zero-order valence-electron chi connectivity index (χ0n) is 20.5. The van der Waals surface area contributed by atoms with Crippen molar-refractivity contribution in [1.29, 1.82) is 0 Å². The Morgan fingerprint density at radius 3 is 2.37 bits per heavy atom. The second kappa shape index (κ2) is 8.29. The number of hydrogen-bond acceptors (Lipinski definition) is 5. The Hall–Kier alpha value is -3.54. The van der Waals surface area contributed by atoms with Gasteiger partial charge >= 0.3 is 6.09 Å². The molecule has 2 aromatic carbocycles. The van der Waals surface area contributed by atoms with Gasteiger partial charge in [0.05, 0.1) is 11.4 Å². The Morgan fingerprint density at radius 2 is 1.66 bits per heavy atom. The highest BCUT2D eigenvalue weighted by Crippen LogP contribution is 2.51. The largest absolute Gasteiger partial charge is 0.453 e. The van der Waals surface area contributed by atoms with Crippen molar-refractivity contribution >= 4 is 17.5 Å². The molecule has 0 radical (unpaired) electrons. The molecule has 6 nitrogen and oxygen atoms in total. The van der Waals surface area contributed by atoms with E-state index in [4.69, 9.17) is 9.47 Å². The summed E-state index contributed by atoms with van der Waals surface area (Å²) in [5, 5.41) is 0. The minimum absolute atomic E-state index is 0.174. The number of fused-ring (bicyclic) bond motifs is 4. The van der Waals surface area contributed by atoms with Crippen LogP contribution in [0.4, 0.5) is 16.2 Å². The summed E-state index contributed by atoms with van der Waals surface area (Å²) in [4.78, 5) is 21.7. The first-order valence-corrected chi connectivity index (χ1v) is 12.5. The lowest BCUT2D eigenvalue weighted by molar-refractivity contribution is 0.00613. The van der Waals surface area contributed by atoms with Gasteiger partial charge in [-0.1, -0.05) is 24.3 Å². The lowest BCUT2D eigenvalue weighted by Crippen LogP contribution is -2.53. The van der Waals surface area contributed by atoms with Crippen LogP contribution in [0.5, 0.6) is 11.5 Å². The van der Waals surface area contributed by atoms with Crippen LogP contribution in [0.2, 0.25) is 0 Å². The van der Waals surface area contributed by atoms with E-state index in [2.05, 4.69) is 46.3 Å². The van der Waals surface area contributed by atoms with Crippen LogP contribution in [0.25, 0.3) is 11.1 Å². The molecule has 1 aromatic heterocycles. The molecule has 6 rings (SSSR count). The first-order valence-electron chi connectivity index (χ1n) is 12.5. The van der Waals surface area contributed by atoms with Gasteiger partial charge in [0.2, 0.25) is 0 Å². The molecule has 3 aliphatic rings. The van der Waals surface area contributed by atoms with Gasteiger partial charge in [-0.15, -0.1) is 0 Å². The van der Waals surface area contributed by atoms with Crippen LogP contribution in [-0.2, 0) is 4.74 Å². The van der Waals surface area contributed by atoms with Gasteiger partial charge in [0.25, 0.3) is 0 Å². The number of pyridine rings is 1. The second-order valence-electron chi connectivity index (χ2n) is 10.8. The number of rotatable bonds is 2. The third kappa shape index (κ3) is 4.01. The number of carbonyl (C=O) groups excluding carboxylic acids is 1. The highest BCUT2D eigenvalue weighted by atomic mass is 16.6. The molecule has 2 fully saturated rings. The second-order valence-corrected chi connectivity index (χ2v) is 10.8. The lowest BCUT2D eigenvalue weighted by Gasteiger charge is -2.45. The predicted molar refractivity (Wildman–Crippen MR) is 136 cm³/mol. The molecule has 2 bridgehead atoms. The van der Waals surface area contributed by atoms with Gasteiger partial charge in [-0.25, -0.2) is 4.79 Å². The van der Waals surface area contributed by atoms with Crippen LogP contribution < -0.4 is 9.64 Å². The van der Waals surface area contributed by atoms with Crippen LogP contribution in [0.15, 0.2) is 67.0 Å². The number of anilines is 2. The molecule has 1 amide bonds. The molecule has 0 aliphatic carbocycles. The van der Waals surface area contributed by atoms with Crippen molar-refractivity contribution in [3.05, 3.63) is 67.0 Å². The fraction of sp³-hybridized carbons (Fsp3) is 0.379. The number of ether oxygens (including phenoxy) is 2. The summed E-state index contributed by atoms with van der Waals surface area (Å²) in [7, 11) is 0. The summed E-state index contributed by atoms with van der Waals surface area (Å²) in [6, 6.07) is 19.3. The Labute approximate surface area is 206 Å². The van der Waals surface area contributed by atoms with E-state index in [1.54, 1.807) is 6.20 Å². The molecule has 0 saturated carbocycles. The Morgan fingerprint density at radius 1 is 0.914 bits per heavy atom. The molecule has 6 heteroatoms. The van der Waals surface area contributed by atoms with E-state index in [0.717, 1.165) is 59.7 Å². The van der Waals surface area contributed by atoms with E-state index < -0.39 is 5.60 Å². The molecular formula is C29H31N3O3. The highest BCUT2D eigenvalue weighted by molar-refractivity contribution is 5.81. The molecule has 180 valence electrons. The van der Waals surface area contributed by atoms with Gasteiger partial charge in [0.1, 0.15) is 5.60 Å². The van der Waals surface area contributed by atoms with Crippen molar-refractivity contribution in [1.82, 2.24) is 9.88 Å². The lowest BCUT2D eigenvalue weighted by atomic mass is 9.94. The van der Waals surface area contributed by atoms with Crippen molar-refractivity contribution in [3.63, 3.8) is 0 Å². The van der Waals surface area contributed by atoms with Gasteiger partial charge in [-0.05, 0) is 82.3 Å². The third-order valence-electron chi connectivity index (χ3n) is 7.24. The van der Waals surface area contributed by atoms with Crippen LogP contribution in [0, 0.1) is 0 Å². The molecular weight excluding hydrogens is 438 g/mol. The van der Waals surface area contributed by atoms with Crippen molar-refractivity contribution in [2.45, 2.75) is 70.2 Å². The molecule has 0 N–H and O–H groups in total. The van der Waals surface area contributed by atoms with Gasteiger partial charge < -0.3 is 19.3 Å². The van der Waals surface area contributed by atoms with E-state index in [1.165, 1.54) is 0 Å². The summed E-state index contributed by atoms with van der Waals surface area (Å²) in [6.45, 7) is 5.79. The maximum Gasteiger partial charge on any atom is 0.410 e. The average molecular weight is 470 g/mol. The summed E-state index contributed by atoms with van der Waals surface area (Å²) in [5.74, 6) is 1.72. The van der Waals surface area contributed by atoms with Crippen LogP contribution in [0.3, 0.4) is 0 Å². The minimum atomic E-state index is -0.485. The Bertz CT molecular complexity index is 1240. The monoisotopic (exact) mass is 469 g/mol. The molecule has 0 spiro atoms. The number of nitrogens with zero attached hydrogens (tertiary/aromatic N) is 3. The van der Waals surface area contributed by atoms with Crippen molar-refractivity contribution in [3.8, 4) is 22.6 Å². The standard InChI is InChI=1S/C29H31N3O3/c1-29(2,3)35-28(33)31-21-11-12-22(31)17-23(16-21)32-24-8-4-5-9-26(24)34-27-15-19(10-13-25(27)32)20-7-6-14-30-18-20/h4-10,13-15,18,21-23H,11-12,16-17H2,1-3H3/t21-,22+,23?. The van der Waals surface area contributed by atoms with Crippen LogP contribution >= 0.6 is 0 Å². The molecule has 3 aliphatic heterocycles. The number of benzene rings is 2. The summed E-state index contributed by atoms with van der Waals surface area (Å²) < 4.78 is 12.2. The number of carbonyl (C=O) groups is 1. The maximum atomic E-state index is 13.0. The topological polar surface area (TPSA) is 54.9 Å². The number of amides is 1. The maximum absolute atomic E-state index is 13.0. The summed E-state index contributed by atoms with van der Waals surface area (Å²) in [5.41, 5.74) is 3.82. The molecule has 2 saturated heterocycles. The van der Waals surface area contributed by atoms with Crippen molar-refractivity contribution in [2.24, 2.45) is 0 Å². The number of para-hydroxylation sites is 2. The van der Waals surface area contributed by atoms with Crippen LogP contribution in [-0.4, -0.2) is 39.7 Å². The van der Waals surface area contributed by atoms with E-state index in [9.17, 15) is 4.79 Å². The molecule has 3 aromatic rings. The average Bonchev–Trinajstić information content (AvgIpc) is 3.11. The van der Waals surface area contributed by atoms with Gasteiger partial charge in [-0.2, -0.15) is 0 Å². The van der Waals surface area contributed by atoms with Gasteiger partial charge in [0.15, 0.2) is 11.5 Å². The molecule has 4 heterocycles. The molecule has 1 unspecified atom stereocenters. The van der Waals surface area contributed by atoms with E-state index in [-0.39, 0.29) is 24.2 Å². The normalized spacial score (nSPS) is 22.8. The zero-order chi connectivity index (χ0) is 24.2. The smallest absolute Gasteiger partial charge is 0.410 e. The van der Waals surface area contributed by atoms with Crippen LogP contribution in [0.1, 0.15) is 46.5 Å². The predicted octanol–water partition coefficient (Wildman–Crippen LogP) is 6.92. The Balaban J connectivity index is 1.33. The first kappa shape index (κ1) is 22.0. The molecule has 3 atom stereocenters. The summed E-state index contributed by atoms with van der Waals surface area (Å²) >= 11 is 0. The van der Waals surface area contributed by atoms with Crippen molar-refractivity contribution < 1.29 is 14.3 Å². The zero-order valence-corrected chi connectivity index (χ0v) is 20.5. The van der Waals surface area contributed by atoms with Gasteiger partial charge in [-0.3, -0.25) is 4.98 Å². The SMILES string of the molecule is CC(C)(C)OC(=O)N1[C@@H]2CC[C@H]1CC(N1c3ccccc3Oc3cc(-c4cccnc4)ccc31)C2. The summed E-state index contributed by atoms with van der Waals surface area (Å²) in [6.07, 6.45) is 7.36. The van der Waals surface area contributed by atoms with E-state index in [1.807, 2.05) is 50.1 Å². The number of aromatic nitrogens is 1. The molecule has 35 heavy (non-hydrogen) atoms. The number of piperidine rings is 1. The number of hydrogen-bond donors (Lipinski definition) is 0. The van der Waals surface area contributed by atoms with E-state index in [0.29, 0.717) is 0 Å². The van der Waals surface area contributed by atoms with Crippen molar-refractivity contribution in [2.75, 3.05) is 4.90 Å². The first-order chi connectivity index (χ1) is 16.9. The fourth-order valence-electron chi connectivity index (χ4n) is 5.86. The van der Waals surface area contributed by atoms with E-state index >= 15 is 0 Å². The quantitative estimate of drug-likeness (QED) is 0.408. The third-order valence-corrected chi connectivity index (χ3v) is 7.24. The minimum Gasteiger partial charge on any atom is -0.453 e.